The topological polar surface area (TPSA) is 69.4 Å². The van der Waals surface area contributed by atoms with Crippen molar-refractivity contribution in [3.05, 3.63) is 82.4 Å². The lowest BCUT2D eigenvalue weighted by Crippen LogP contribution is -2.04. The molecule has 0 radical (unpaired) electrons. The first-order chi connectivity index (χ1) is 13.1. The number of nitro groups is 1. The Morgan fingerprint density at radius 2 is 1.81 bits per heavy atom. The lowest BCUT2D eigenvalue weighted by molar-refractivity contribution is -0.384. The number of ether oxygens (including phenoxy) is 1. The SMILES string of the molecule is CCCCCC(C/C=C/C(=O)Oc1ccc([N+](=O)[O-])cc1)c1ccccc1. The van der Waals surface area contributed by atoms with Crippen molar-refractivity contribution in [3.63, 3.8) is 0 Å². The average Bonchev–Trinajstić information content (AvgIpc) is 2.68. The molecular weight excluding hydrogens is 342 g/mol. The number of nitrogens with zero attached hydrogens (tertiary/aromatic N) is 1. The van der Waals surface area contributed by atoms with Crippen molar-refractivity contribution in [2.24, 2.45) is 0 Å². The van der Waals surface area contributed by atoms with Crippen LogP contribution in [0.4, 0.5) is 5.69 Å². The normalized spacial score (nSPS) is 12.0. The molecule has 0 aliphatic rings. The summed E-state index contributed by atoms with van der Waals surface area (Å²) in [6.07, 6.45) is 8.67. The number of carbonyl (C=O) groups is 1. The predicted octanol–water partition coefficient (Wildman–Crippen LogP) is 5.81. The Bertz CT molecular complexity index is 754. The van der Waals surface area contributed by atoms with E-state index in [1.165, 1.54) is 48.7 Å². The standard InChI is InChI=1S/C22H25NO4/c1-2-3-5-9-19(18-10-6-4-7-11-18)12-8-13-22(24)27-21-16-14-20(15-17-21)23(25)26/h4,6-8,10-11,13-17,19H,2-3,5,9,12H2,1H3/b13-8+. The van der Waals surface area contributed by atoms with Gasteiger partial charge in [0.1, 0.15) is 5.75 Å². The van der Waals surface area contributed by atoms with Crippen LogP contribution in [0.3, 0.4) is 0 Å². The summed E-state index contributed by atoms with van der Waals surface area (Å²) in [6, 6.07) is 15.8. The van der Waals surface area contributed by atoms with Crippen molar-refractivity contribution in [2.45, 2.75) is 44.9 Å². The molecule has 0 saturated carbocycles. The van der Waals surface area contributed by atoms with E-state index in [-0.39, 0.29) is 11.4 Å². The summed E-state index contributed by atoms with van der Waals surface area (Å²) < 4.78 is 5.19. The number of unbranched alkanes of at least 4 members (excludes halogenated alkanes) is 2. The first-order valence-corrected chi connectivity index (χ1v) is 9.28. The summed E-state index contributed by atoms with van der Waals surface area (Å²) in [4.78, 5) is 22.1. The first-order valence-electron chi connectivity index (χ1n) is 9.28. The van der Waals surface area contributed by atoms with E-state index in [0.29, 0.717) is 5.92 Å². The van der Waals surface area contributed by atoms with Gasteiger partial charge in [-0.3, -0.25) is 10.1 Å². The number of allylic oxidation sites excluding steroid dienone is 1. The molecule has 27 heavy (non-hydrogen) atoms. The molecule has 5 nitrogen and oxygen atoms in total. The van der Waals surface area contributed by atoms with Crippen molar-refractivity contribution in [1.29, 1.82) is 0 Å². The molecule has 142 valence electrons. The van der Waals surface area contributed by atoms with E-state index < -0.39 is 10.9 Å². The van der Waals surface area contributed by atoms with Gasteiger partial charge in [0.15, 0.2) is 0 Å². The molecule has 5 heteroatoms. The van der Waals surface area contributed by atoms with Crippen LogP contribution in [0.1, 0.15) is 50.5 Å². The van der Waals surface area contributed by atoms with Crippen LogP contribution >= 0.6 is 0 Å². The fraction of sp³-hybridized carbons (Fsp3) is 0.318. The third-order valence-electron chi connectivity index (χ3n) is 4.37. The number of nitro benzene ring substituents is 1. The Labute approximate surface area is 159 Å². The fourth-order valence-corrected chi connectivity index (χ4v) is 2.90. The molecule has 0 spiro atoms. The zero-order valence-corrected chi connectivity index (χ0v) is 15.5. The molecule has 1 atom stereocenters. The minimum absolute atomic E-state index is 0.0388. The third-order valence-corrected chi connectivity index (χ3v) is 4.37. The van der Waals surface area contributed by atoms with E-state index in [9.17, 15) is 14.9 Å². The molecule has 2 aromatic rings. The predicted molar refractivity (Wildman–Crippen MR) is 106 cm³/mol. The second-order valence-corrected chi connectivity index (χ2v) is 6.41. The lowest BCUT2D eigenvalue weighted by atomic mass is 9.90. The van der Waals surface area contributed by atoms with Gasteiger partial charge < -0.3 is 4.74 Å². The molecule has 0 heterocycles. The van der Waals surface area contributed by atoms with E-state index >= 15 is 0 Å². The zero-order chi connectivity index (χ0) is 19.5. The molecule has 1 unspecified atom stereocenters. The van der Waals surface area contributed by atoms with Gasteiger partial charge >= 0.3 is 5.97 Å². The number of hydrogen-bond donors (Lipinski definition) is 0. The van der Waals surface area contributed by atoms with Crippen molar-refractivity contribution >= 4 is 11.7 Å². The van der Waals surface area contributed by atoms with Gasteiger partial charge in [-0.15, -0.1) is 0 Å². The van der Waals surface area contributed by atoms with Crippen molar-refractivity contribution in [2.75, 3.05) is 0 Å². The number of hydrogen-bond acceptors (Lipinski definition) is 4. The van der Waals surface area contributed by atoms with Gasteiger partial charge in [-0.1, -0.05) is 62.6 Å². The molecule has 0 fully saturated rings. The minimum atomic E-state index is -0.492. The van der Waals surface area contributed by atoms with Crippen molar-refractivity contribution in [1.82, 2.24) is 0 Å². The monoisotopic (exact) mass is 367 g/mol. The summed E-state index contributed by atoms with van der Waals surface area (Å²) >= 11 is 0. The van der Waals surface area contributed by atoms with Gasteiger partial charge in [-0.05, 0) is 36.5 Å². The molecule has 0 aliphatic carbocycles. The van der Waals surface area contributed by atoms with Crippen LogP contribution in [0.2, 0.25) is 0 Å². The van der Waals surface area contributed by atoms with Gasteiger partial charge in [0.2, 0.25) is 0 Å². The Morgan fingerprint density at radius 3 is 2.44 bits per heavy atom. The second-order valence-electron chi connectivity index (χ2n) is 6.41. The van der Waals surface area contributed by atoms with E-state index in [4.69, 9.17) is 4.74 Å². The van der Waals surface area contributed by atoms with E-state index in [1.54, 1.807) is 0 Å². The zero-order valence-electron chi connectivity index (χ0n) is 15.5. The smallest absolute Gasteiger partial charge is 0.335 e. The highest BCUT2D eigenvalue weighted by Crippen LogP contribution is 2.26. The van der Waals surface area contributed by atoms with Crippen LogP contribution in [0, 0.1) is 10.1 Å². The molecule has 0 aromatic heterocycles. The van der Waals surface area contributed by atoms with Crippen LogP contribution in [-0.2, 0) is 4.79 Å². The summed E-state index contributed by atoms with van der Waals surface area (Å²) in [5.41, 5.74) is 1.24. The maximum Gasteiger partial charge on any atom is 0.335 e. The number of non-ortho nitro benzene ring substituents is 1. The van der Waals surface area contributed by atoms with Crippen LogP contribution in [0.25, 0.3) is 0 Å². The van der Waals surface area contributed by atoms with Crippen molar-refractivity contribution in [3.8, 4) is 5.75 Å². The highest BCUT2D eigenvalue weighted by atomic mass is 16.6. The maximum atomic E-state index is 12.0. The molecular formula is C22H25NO4. The average molecular weight is 367 g/mol. The number of rotatable bonds is 10. The highest BCUT2D eigenvalue weighted by molar-refractivity contribution is 5.84. The molecule has 0 amide bonds. The summed E-state index contributed by atoms with van der Waals surface area (Å²) in [5.74, 6) is 0.184. The Morgan fingerprint density at radius 1 is 1.11 bits per heavy atom. The summed E-state index contributed by atoms with van der Waals surface area (Å²) in [7, 11) is 0. The van der Waals surface area contributed by atoms with E-state index in [2.05, 4.69) is 19.1 Å². The van der Waals surface area contributed by atoms with E-state index in [0.717, 1.165) is 19.3 Å². The highest BCUT2D eigenvalue weighted by Gasteiger charge is 2.10. The number of carbonyl (C=O) groups excluding carboxylic acids is 1. The van der Waals surface area contributed by atoms with E-state index in [1.807, 2.05) is 24.3 Å². The molecule has 2 rings (SSSR count). The van der Waals surface area contributed by atoms with Crippen molar-refractivity contribution < 1.29 is 14.5 Å². The molecule has 0 aliphatic heterocycles. The van der Waals surface area contributed by atoms with Gasteiger partial charge in [0.05, 0.1) is 4.92 Å². The van der Waals surface area contributed by atoms with Gasteiger partial charge in [-0.2, -0.15) is 0 Å². The van der Waals surface area contributed by atoms with Crippen LogP contribution < -0.4 is 4.74 Å². The van der Waals surface area contributed by atoms with Gasteiger partial charge in [0.25, 0.3) is 5.69 Å². The third kappa shape index (κ3) is 7.05. The summed E-state index contributed by atoms with van der Waals surface area (Å²) in [6.45, 7) is 2.19. The van der Waals surface area contributed by atoms with Gasteiger partial charge in [-0.25, -0.2) is 4.79 Å². The summed E-state index contributed by atoms with van der Waals surface area (Å²) in [5, 5.41) is 10.6. The molecule has 0 N–H and O–H groups in total. The fourth-order valence-electron chi connectivity index (χ4n) is 2.90. The number of benzene rings is 2. The molecule has 2 aromatic carbocycles. The van der Waals surface area contributed by atoms with Crippen LogP contribution in [0.15, 0.2) is 66.7 Å². The first kappa shape index (κ1) is 20.4. The maximum absolute atomic E-state index is 12.0. The van der Waals surface area contributed by atoms with Gasteiger partial charge in [0, 0.05) is 18.2 Å². The quantitative estimate of drug-likeness (QED) is 0.133. The Kier molecular flexibility index (Phi) is 8.23. The van der Waals surface area contributed by atoms with Crippen LogP contribution in [-0.4, -0.2) is 10.9 Å². The lowest BCUT2D eigenvalue weighted by Gasteiger charge is -2.15. The molecule has 0 bridgehead atoms. The molecule has 0 saturated heterocycles. The minimum Gasteiger partial charge on any atom is -0.423 e. The van der Waals surface area contributed by atoms with Crippen LogP contribution in [0.5, 0.6) is 5.75 Å². The Hall–Kier alpha value is -2.95. The second kappa shape index (κ2) is 10.9. The largest absolute Gasteiger partial charge is 0.423 e. The number of esters is 1. The Balaban J connectivity index is 1.91.